The molecule has 1 nitrogen and oxygen atoms in total. The van der Waals surface area contributed by atoms with Gasteiger partial charge in [0, 0.05) is 17.1 Å². The Balaban J connectivity index is 2.34. The first-order valence-corrected chi connectivity index (χ1v) is 6.07. The Labute approximate surface area is 98.2 Å². The van der Waals surface area contributed by atoms with E-state index in [4.69, 9.17) is 11.6 Å². The van der Waals surface area contributed by atoms with Gasteiger partial charge < -0.3 is 4.90 Å². The average Bonchev–Trinajstić information content (AvgIpc) is 2.56. The highest BCUT2D eigenvalue weighted by molar-refractivity contribution is 9.10. The van der Waals surface area contributed by atoms with Crippen LogP contribution in [-0.4, -0.2) is 12.6 Å². The van der Waals surface area contributed by atoms with Crippen LogP contribution in [0, 0.1) is 0 Å². The molecule has 0 saturated carbocycles. The predicted molar refractivity (Wildman–Crippen MR) is 65.2 cm³/mol. The zero-order valence-corrected chi connectivity index (χ0v) is 10.5. The van der Waals surface area contributed by atoms with Gasteiger partial charge in [-0.1, -0.05) is 27.5 Å². The van der Waals surface area contributed by atoms with Gasteiger partial charge in [-0.25, -0.2) is 0 Å². The highest BCUT2D eigenvalue weighted by Gasteiger charge is 2.22. The topological polar surface area (TPSA) is 3.24 Å². The molecule has 0 radical (unpaired) electrons. The zero-order valence-electron chi connectivity index (χ0n) is 8.13. The van der Waals surface area contributed by atoms with E-state index in [9.17, 15) is 0 Å². The van der Waals surface area contributed by atoms with Crippen molar-refractivity contribution >= 4 is 33.2 Å². The second-order valence-electron chi connectivity index (χ2n) is 3.78. The third kappa shape index (κ3) is 1.91. The summed E-state index contributed by atoms with van der Waals surface area (Å²) in [4.78, 5) is 2.38. The van der Waals surface area contributed by atoms with Gasteiger partial charge in [-0.05, 0) is 38.0 Å². The van der Waals surface area contributed by atoms with Crippen molar-refractivity contribution in [3.63, 3.8) is 0 Å². The second kappa shape index (κ2) is 4.11. The lowest BCUT2D eigenvalue weighted by Gasteiger charge is -2.25. The molecule has 0 N–H and O–H groups in total. The molecule has 1 aromatic rings. The van der Waals surface area contributed by atoms with E-state index >= 15 is 0 Å². The summed E-state index contributed by atoms with van der Waals surface area (Å²) in [6, 6.07) is 6.64. The van der Waals surface area contributed by atoms with Gasteiger partial charge in [0.15, 0.2) is 0 Å². The Morgan fingerprint density at radius 3 is 2.93 bits per heavy atom. The summed E-state index contributed by atoms with van der Waals surface area (Å²) >= 11 is 9.66. The summed E-state index contributed by atoms with van der Waals surface area (Å²) in [5.41, 5.74) is 1.16. The largest absolute Gasteiger partial charge is 0.368 e. The number of benzene rings is 1. The number of anilines is 1. The van der Waals surface area contributed by atoms with Crippen molar-refractivity contribution in [3.8, 4) is 0 Å². The van der Waals surface area contributed by atoms with Gasteiger partial charge in [0.25, 0.3) is 0 Å². The monoisotopic (exact) mass is 273 g/mol. The smallest absolute Gasteiger partial charge is 0.0640 e. The van der Waals surface area contributed by atoms with Crippen LogP contribution >= 0.6 is 27.5 Å². The fraction of sp³-hybridized carbons (Fsp3) is 0.455. The van der Waals surface area contributed by atoms with Crippen LogP contribution in [0.3, 0.4) is 0 Å². The molecule has 1 saturated heterocycles. The summed E-state index contributed by atoms with van der Waals surface area (Å²) in [5.74, 6) is 0. The fourth-order valence-corrected chi connectivity index (χ4v) is 2.57. The molecular formula is C11H13BrClN. The molecule has 0 aromatic heterocycles. The van der Waals surface area contributed by atoms with Crippen LogP contribution in [0.4, 0.5) is 5.69 Å². The van der Waals surface area contributed by atoms with Gasteiger partial charge in [-0.2, -0.15) is 0 Å². The Kier molecular flexibility index (Phi) is 3.03. The first-order valence-electron chi connectivity index (χ1n) is 4.90. The van der Waals surface area contributed by atoms with Gasteiger partial charge in [-0.3, -0.25) is 0 Å². The van der Waals surface area contributed by atoms with Crippen LogP contribution in [0.5, 0.6) is 0 Å². The van der Waals surface area contributed by atoms with Crippen LogP contribution < -0.4 is 4.90 Å². The van der Waals surface area contributed by atoms with Crippen molar-refractivity contribution < 1.29 is 0 Å². The lowest BCUT2D eigenvalue weighted by Crippen LogP contribution is -2.26. The molecule has 1 fully saturated rings. The molecule has 1 aliphatic heterocycles. The summed E-state index contributed by atoms with van der Waals surface area (Å²) < 4.78 is 1.09. The summed E-state index contributed by atoms with van der Waals surface area (Å²) in [5, 5.41) is 0.849. The molecule has 14 heavy (non-hydrogen) atoms. The number of rotatable bonds is 1. The number of hydrogen-bond acceptors (Lipinski definition) is 1. The predicted octanol–water partition coefficient (Wildman–Crippen LogP) is 4.09. The van der Waals surface area contributed by atoms with Gasteiger partial charge >= 0.3 is 0 Å². The van der Waals surface area contributed by atoms with Crippen molar-refractivity contribution in [1.82, 2.24) is 0 Å². The van der Waals surface area contributed by atoms with E-state index in [-0.39, 0.29) is 0 Å². The maximum Gasteiger partial charge on any atom is 0.0640 e. The highest BCUT2D eigenvalue weighted by atomic mass is 79.9. The molecule has 1 heterocycles. The molecule has 1 aromatic carbocycles. The van der Waals surface area contributed by atoms with Gasteiger partial charge in [0.1, 0.15) is 0 Å². The zero-order chi connectivity index (χ0) is 10.1. The molecule has 0 aliphatic carbocycles. The van der Waals surface area contributed by atoms with Crippen LogP contribution in [0.2, 0.25) is 5.02 Å². The van der Waals surface area contributed by atoms with E-state index in [1.54, 1.807) is 0 Å². The van der Waals surface area contributed by atoms with E-state index in [0.29, 0.717) is 6.04 Å². The minimum absolute atomic E-state index is 0.613. The molecule has 0 bridgehead atoms. The number of nitrogens with zero attached hydrogens (tertiary/aromatic N) is 1. The van der Waals surface area contributed by atoms with E-state index < -0.39 is 0 Å². The van der Waals surface area contributed by atoms with Gasteiger partial charge in [0.05, 0.1) is 10.7 Å². The molecule has 1 atom stereocenters. The Bertz CT molecular complexity index is 340. The van der Waals surface area contributed by atoms with Crippen LogP contribution in [0.25, 0.3) is 0 Å². The summed E-state index contributed by atoms with van der Waals surface area (Å²) in [6.07, 6.45) is 2.53. The van der Waals surface area contributed by atoms with Crippen molar-refractivity contribution in [2.75, 3.05) is 11.4 Å². The van der Waals surface area contributed by atoms with Crippen LogP contribution in [0.15, 0.2) is 22.7 Å². The number of halogens is 2. The van der Waals surface area contributed by atoms with Crippen molar-refractivity contribution in [2.24, 2.45) is 0 Å². The van der Waals surface area contributed by atoms with Crippen molar-refractivity contribution in [3.05, 3.63) is 27.7 Å². The first-order chi connectivity index (χ1) is 6.68. The Morgan fingerprint density at radius 2 is 2.29 bits per heavy atom. The molecular weight excluding hydrogens is 261 g/mol. The quantitative estimate of drug-likeness (QED) is 0.745. The fourth-order valence-electron chi connectivity index (χ4n) is 2.00. The molecule has 2 rings (SSSR count). The molecule has 0 amide bonds. The third-order valence-electron chi connectivity index (χ3n) is 2.77. The molecule has 3 heteroatoms. The van der Waals surface area contributed by atoms with E-state index in [1.165, 1.54) is 12.8 Å². The van der Waals surface area contributed by atoms with Crippen LogP contribution in [-0.2, 0) is 0 Å². The lowest BCUT2D eigenvalue weighted by molar-refractivity contribution is 0.735. The minimum Gasteiger partial charge on any atom is -0.368 e. The van der Waals surface area contributed by atoms with E-state index in [1.807, 2.05) is 12.1 Å². The number of hydrogen-bond donors (Lipinski definition) is 0. The molecule has 1 aliphatic rings. The SMILES string of the molecule is CC1CCCN1c1cc(Br)ccc1Cl. The van der Waals surface area contributed by atoms with Crippen LogP contribution in [0.1, 0.15) is 19.8 Å². The van der Waals surface area contributed by atoms with Gasteiger partial charge in [0.2, 0.25) is 0 Å². The van der Waals surface area contributed by atoms with E-state index in [0.717, 1.165) is 21.7 Å². The first kappa shape index (κ1) is 10.3. The van der Waals surface area contributed by atoms with Gasteiger partial charge in [-0.15, -0.1) is 0 Å². The minimum atomic E-state index is 0.613. The Morgan fingerprint density at radius 1 is 1.50 bits per heavy atom. The maximum absolute atomic E-state index is 6.18. The van der Waals surface area contributed by atoms with E-state index in [2.05, 4.69) is 33.8 Å². The standard InChI is InChI=1S/C11H13BrClN/c1-8-3-2-6-14(8)11-7-9(12)4-5-10(11)13/h4-5,7-8H,2-3,6H2,1H3. The molecule has 1 unspecified atom stereocenters. The summed E-state index contributed by atoms with van der Waals surface area (Å²) in [7, 11) is 0. The average molecular weight is 275 g/mol. The normalized spacial score (nSPS) is 21.6. The van der Waals surface area contributed by atoms with Crippen molar-refractivity contribution in [1.29, 1.82) is 0 Å². The molecule has 0 spiro atoms. The third-order valence-corrected chi connectivity index (χ3v) is 3.58. The Hall–Kier alpha value is -0.210. The lowest BCUT2D eigenvalue weighted by atomic mass is 10.2. The second-order valence-corrected chi connectivity index (χ2v) is 5.10. The van der Waals surface area contributed by atoms with Crippen molar-refractivity contribution in [2.45, 2.75) is 25.8 Å². The maximum atomic E-state index is 6.18. The summed E-state index contributed by atoms with van der Waals surface area (Å²) in [6.45, 7) is 3.38. The highest BCUT2D eigenvalue weighted by Crippen LogP contribution is 2.33. The molecule has 76 valence electrons.